The summed E-state index contributed by atoms with van der Waals surface area (Å²) in [5, 5.41) is 0.829. The summed E-state index contributed by atoms with van der Waals surface area (Å²) in [7, 11) is 3.19. The van der Waals surface area contributed by atoms with E-state index in [0.717, 1.165) is 40.0 Å². The van der Waals surface area contributed by atoms with E-state index >= 15 is 0 Å². The predicted octanol–water partition coefficient (Wildman–Crippen LogP) is 3.17. The van der Waals surface area contributed by atoms with Gasteiger partial charge in [-0.3, -0.25) is 4.79 Å². The average molecular weight is 349 g/mol. The summed E-state index contributed by atoms with van der Waals surface area (Å²) >= 11 is 1.42. The molecule has 1 fully saturated rings. The van der Waals surface area contributed by atoms with E-state index in [-0.39, 0.29) is 11.9 Å². The van der Waals surface area contributed by atoms with Gasteiger partial charge < -0.3 is 14.4 Å². The molecular formula is C17H23N3O3S. The summed E-state index contributed by atoms with van der Waals surface area (Å²) in [5.41, 5.74) is 0.901. The molecule has 3 rings (SSSR count). The number of nitrogens with zero attached hydrogens (tertiary/aromatic N) is 3. The van der Waals surface area contributed by atoms with Crippen LogP contribution in [0.15, 0.2) is 0 Å². The Hall–Kier alpha value is -1.73. The number of methoxy groups -OCH3 is 2. The molecule has 0 bridgehead atoms. The molecule has 0 saturated carbocycles. The van der Waals surface area contributed by atoms with Crippen molar-refractivity contribution in [1.29, 1.82) is 0 Å². The number of thiophene rings is 1. The molecule has 0 radical (unpaired) electrons. The second-order valence-electron chi connectivity index (χ2n) is 6.16. The van der Waals surface area contributed by atoms with E-state index in [9.17, 15) is 4.79 Å². The van der Waals surface area contributed by atoms with E-state index < -0.39 is 0 Å². The number of amides is 1. The zero-order valence-electron chi connectivity index (χ0n) is 14.6. The molecule has 130 valence electrons. The third-order valence-corrected chi connectivity index (χ3v) is 5.70. The number of piperidine rings is 1. The first-order chi connectivity index (χ1) is 11.6. The van der Waals surface area contributed by atoms with Crippen LogP contribution in [0.5, 0.6) is 5.88 Å². The van der Waals surface area contributed by atoms with Crippen molar-refractivity contribution in [3.63, 3.8) is 0 Å². The highest BCUT2D eigenvalue weighted by Gasteiger charge is 2.28. The number of aromatic nitrogens is 2. The van der Waals surface area contributed by atoms with Crippen LogP contribution in [0.2, 0.25) is 0 Å². The molecule has 7 heteroatoms. The highest BCUT2D eigenvalue weighted by molar-refractivity contribution is 7.20. The lowest BCUT2D eigenvalue weighted by Crippen LogP contribution is -2.41. The smallest absolute Gasteiger partial charge is 0.264 e. The van der Waals surface area contributed by atoms with E-state index in [1.807, 2.05) is 11.8 Å². The highest BCUT2D eigenvalue weighted by atomic mass is 32.1. The molecule has 2 aromatic rings. The van der Waals surface area contributed by atoms with Crippen molar-refractivity contribution in [2.75, 3.05) is 20.8 Å². The number of hydrogen-bond donors (Lipinski definition) is 0. The fourth-order valence-corrected chi connectivity index (χ4v) is 4.37. The van der Waals surface area contributed by atoms with Crippen LogP contribution >= 0.6 is 11.3 Å². The summed E-state index contributed by atoms with van der Waals surface area (Å²) in [6.07, 6.45) is 3.33. The summed E-state index contributed by atoms with van der Waals surface area (Å²) in [5.74, 6) is 1.16. The van der Waals surface area contributed by atoms with Gasteiger partial charge in [-0.15, -0.1) is 11.3 Å². The molecule has 0 aromatic carbocycles. The maximum atomic E-state index is 13.0. The van der Waals surface area contributed by atoms with Crippen LogP contribution in [-0.4, -0.2) is 47.6 Å². The molecule has 0 N–H and O–H groups in total. The molecule has 1 atom stereocenters. The van der Waals surface area contributed by atoms with E-state index in [1.165, 1.54) is 17.8 Å². The van der Waals surface area contributed by atoms with Gasteiger partial charge in [0.1, 0.15) is 11.4 Å². The maximum Gasteiger partial charge on any atom is 0.264 e. The first-order valence-corrected chi connectivity index (χ1v) is 9.02. The maximum absolute atomic E-state index is 13.0. The van der Waals surface area contributed by atoms with Crippen molar-refractivity contribution in [2.24, 2.45) is 0 Å². The van der Waals surface area contributed by atoms with Gasteiger partial charge in [0.2, 0.25) is 5.88 Å². The van der Waals surface area contributed by atoms with Crippen molar-refractivity contribution in [3.05, 3.63) is 16.3 Å². The van der Waals surface area contributed by atoms with Gasteiger partial charge in [-0.05, 0) is 38.7 Å². The third kappa shape index (κ3) is 2.98. The van der Waals surface area contributed by atoms with E-state index in [1.54, 1.807) is 14.2 Å². The van der Waals surface area contributed by atoms with Crippen LogP contribution < -0.4 is 4.74 Å². The fraction of sp³-hybridized carbons (Fsp3) is 0.588. The Morgan fingerprint density at radius 2 is 2.12 bits per heavy atom. The van der Waals surface area contributed by atoms with Crippen LogP contribution in [0.4, 0.5) is 0 Å². The van der Waals surface area contributed by atoms with E-state index in [0.29, 0.717) is 18.3 Å². The molecule has 3 heterocycles. The second kappa shape index (κ2) is 7.03. The lowest BCUT2D eigenvalue weighted by atomic mass is 10.0. The zero-order valence-corrected chi connectivity index (χ0v) is 15.4. The minimum atomic E-state index is 0.0954. The van der Waals surface area contributed by atoms with Gasteiger partial charge in [-0.25, -0.2) is 4.98 Å². The SMILES string of the molecule is COCc1nc(OC)c2c(C)c(C(=O)N3CCCCC3C)sc2n1. The number of carbonyl (C=O) groups excluding carboxylic acids is 1. The molecule has 0 aliphatic carbocycles. The van der Waals surface area contributed by atoms with Gasteiger partial charge in [-0.2, -0.15) is 4.98 Å². The number of likely N-dealkylation sites (tertiary alicyclic amines) is 1. The Labute approximate surface area is 145 Å². The van der Waals surface area contributed by atoms with Crippen LogP contribution in [-0.2, 0) is 11.3 Å². The van der Waals surface area contributed by atoms with Gasteiger partial charge in [0, 0.05) is 19.7 Å². The van der Waals surface area contributed by atoms with Crippen LogP contribution in [0.3, 0.4) is 0 Å². The molecule has 1 unspecified atom stereocenters. The second-order valence-corrected chi connectivity index (χ2v) is 7.16. The Morgan fingerprint density at radius 3 is 2.79 bits per heavy atom. The summed E-state index contributed by atoms with van der Waals surface area (Å²) in [4.78, 5) is 25.5. The summed E-state index contributed by atoms with van der Waals surface area (Å²) in [6, 6.07) is 0.285. The van der Waals surface area contributed by atoms with Crippen LogP contribution in [0, 0.1) is 6.92 Å². The average Bonchev–Trinajstić information content (AvgIpc) is 2.91. The van der Waals surface area contributed by atoms with Gasteiger partial charge in [-0.1, -0.05) is 0 Å². The van der Waals surface area contributed by atoms with Crippen LogP contribution in [0.25, 0.3) is 10.2 Å². The number of ether oxygens (including phenoxy) is 2. The monoisotopic (exact) mass is 349 g/mol. The number of fused-ring (bicyclic) bond motifs is 1. The third-order valence-electron chi connectivity index (χ3n) is 4.53. The Bertz CT molecular complexity index is 759. The normalized spacial score (nSPS) is 18.2. The van der Waals surface area contributed by atoms with Gasteiger partial charge in [0.05, 0.1) is 17.4 Å². The quantitative estimate of drug-likeness (QED) is 0.848. The van der Waals surface area contributed by atoms with Crippen molar-refractivity contribution in [2.45, 2.75) is 45.8 Å². The fourth-order valence-electron chi connectivity index (χ4n) is 3.22. The molecule has 6 nitrogen and oxygen atoms in total. The molecule has 1 amide bonds. The molecule has 2 aromatic heterocycles. The predicted molar refractivity (Wildman–Crippen MR) is 93.8 cm³/mol. The lowest BCUT2D eigenvalue weighted by molar-refractivity contribution is 0.0640. The first kappa shape index (κ1) is 17.1. The number of rotatable bonds is 4. The molecule has 24 heavy (non-hydrogen) atoms. The van der Waals surface area contributed by atoms with Crippen molar-refractivity contribution >= 4 is 27.5 Å². The zero-order chi connectivity index (χ0) is 17.3. The van der Waals surface area contributed by atoms with Crippen molar-refractivity contribution in [3.8, 4) is 5.88 Å². The molecule has 1 aliphatic rings. The Kier molecular flexibility index (Phi) is 5.01. The molecule has 1 saturated heterocycles. The van der Waals surface area contributed by atoms with Crippen LogP contribution in [0.1, 0.15) is 47.2 Å². The highest BCUT2D eigenvalue weighted by Crippen LogP contribution is 2.36. The van der Waals surface area contributed by atoms with Gasteiger partial charge in [0.25, 0.3) is 5.91 Å². The van der Waals surface area contributed by atoms with Gasteiger partial charge in [0.15, 0.2) is 5.82 Å². The summed E-state index contributed by atoms with van der Waals surface area (Å²) < 4.78 is 10.5. The number of carbonyl (C=O) groups is 1. The van der Waals surface area contributed by atoms with Crippen molar-refractivity contribution < 1.29 is 14.3 Å². The lowest BCUT2D eigenvalue weighted by Gasteiger charge is -2.33. The number of aryl methyl sites for hydroxylation is 1. The Balaban J connectivity index is 2.05. The first-order valence-electron chi connectivity index (χ1n) is 8.20. The molecule has 1 aliphatic heterocycles. The standard InChI is InChI=1S/C17H23N3O3S/c1-10-7-5-6-8-20(10)17(21)14-11(2)13-15(23-4)18-12(9-22-3)19-16(13)24-14/h10H,5-9H2,1-4H3. The largest absolute Gasteiger partial charge is 0.480 e. The van der Waals surface area contributed by atoms with Crippen molar-refractivity contribution in [1.82, 2.24) is 14.9 Å². The van der Waals surface area contributed by atoms with E-state index in [4.69, 9.17) is 9.47 Å². The minimum Gasteiger partial charge on any atom is -0.480 e. The van der Waals surface area contributed by atoms with Gasteiger partial charge >= 0.3 is 0 Å². The minimum absolute atomic E-state index is 0.0954. The Morgan fingerprint density at radius 1 is 1.33 bits per heavy atom. The van der Waals surface area contributed by atoms with E-state index in [2.05, 4.69) is 16.9 Å². The molecule has 0 spiro atoms. The summed E-state index contributed by atoms with van der Waals surface area (Å²) in [6.45, 7) is 5.21. The molecular weight excluding hydrogens is 326 g/mol. The number of hydrogen-bond acceptors (Lipinski definition) is 6. The topological polar surface area (TPSA) is 64.6 Å².